The number of thiophene rings is 1. The molecule has 41 heavy (non-hydrogen) atoms. The number of nitrogens with zero attached hydrogens (tertiary/aromatic N) is 4. The number of amides is 3. The zero-order valence-corrected chi connectivity index (χ0v) is 22.8. The first kappa shape index (κ1) is 27.6. The van der Waals surface area contributed by atoms with Gasteiger partial charge >= 0.3 is 6.09 Å². The highest BCUT2D eigenvalue weighted by atomic mass is 32.1. The molecule has 5 rings (SSSR count). The van der Waals surface area contributed by atoms with Crippen LogP contribution in [0.2, 0.25) is 0 Å². The Kier molecular flexibility index (Phi) is 9.06. The Morgan fingerprint density at radius 3 is 2.83 bits per heavy atom. The van der Waals surface area contributed by atoms with Gasteiger partial charge in [0.25, 0.3) is 5.91 Å². The molecule has 2 aromatic heterocycles. The van der Waals surface area contributed by atoms with Gasteiger partial charge in [0.2, 0.25) is 17.6 Å². The fraction of sp³-hybridized carbons (Fsp3) is 0.250. The van der Waals surface area contributed by atoms with Crippen molar-refractivity contribution in [1.29, 1.82) is 0 Å². The Labute approximate surface area is 239 Å². The second-order valence-electron chi connectivity index (χ2n) is 9.04. The van der Waals surface area contributed by atoms with Crippen LogP contribution >= 0.6 is 11.3 Å². The van der Waals surface area contributed by atoms with E-state index < -0.39 is 6.09 Å². The van der Waals surface area contributed by atoms with E-state index in [2.05, 4.69) is 36.3 Å². The summed E-state index contributed by atoms with van der Waals surface area (Å²) < 4.78 is 10.5. The van der Waals surface area contributed by atoms with Crippen LogP contribution in [0, 0.1) is 0 Å². The van der Waals surface area contributed by atoms with E-state index in [4.69, 9.17) is 9.26 Å². The number of rotatable bonds is 12. The van der Waals surface area contributed by atoms with Gasteiger partial charge in [-0.25, -0.2) is 4.79 Å². The number of ether oxygens (including phenoxy) is 1. The lowest BCUT2D eigenvalue weighted by Crippen LogP contribution is -2.28. The van der Waals surface area contributed by atoms with Gasteiger partial charge in [-0.1, -0.05) is 47.6 Å². The van der Waals surface area contributed by atoms with E-state index in [9.17, 15) is 14.4 Å². The third-order valence-corrected chi connectivity index (χ3v) is 7.07. The monoisotopic (exact) mass is 573 g/mol. The molecule has 0 saturated heterocycles. The Hall–Kier alpha value is -4.91. The van der Waals surface area contributed by atoms with Crippen LogP contribution in [0.1, 0.15) is 30.7 Å². The largest absolute Gasteiger partial charge is 0.444 e. The minimum absolute atomic E-state index is 0.131. The topological polar surface area (TPSA) is 160 Å². The second kappa shape index (κ2) is 13.4. The number of carbonyl (C=O) groups is 3. The predicted molar refractivity (Wildman–Crippen MR) is 151 cm³/mol. The van der Waals surface area contributed by atoms with Crippen LogP contribution in [0.5, 0.6) is 0 Å². The highest BCUT2D eigenvalue weighted by Gasteiger charge is 2.23. The highest BCUT2D eigenvalue weighted by molar-refractivity contribution is 7.19. The molecule has 210 valence electrons. The standard InChI is InChI=1S/C28H27N7O5S/c36-22(29-15-6-16-30-25-19-9-4-5-10-20(19)27(37)34-33-25)12-13-23-31-26(35-40-23)21-11-14-24(41-21)32-28(38)39-17-18-7-2-1-3-8-18/h1-5,7-8,10-11,14,30H,6,9,12-13,15-17H2,(H,29,36)(H,32,38). The van der Waals surface area contributed by atoms with Gasteiger partial charge in [0.05, 0.1) is 15.5 Å². The number of benzene rings is 1. The van der Waals surface area contributed by atoms with Gasteiger partial charge in [-0.3, -0.25) is 14.9 Å². The number of aromatic nitrogens is 2. The number of hydrogen-bond acceptors (Lipinski definition) is 10. The van der Waals surface area contributed by atoms with Crippen LogP contribution in [-0.4, -0.2) is 41.1 Å². The third-order valence-electron chi connectivity index (χ3n) is 6.07. The second-order valence-corrected chi connectivity index (χ2v) is 10.1. The fourth-order valence-corrected chi connectivity index (χ4v) is 4.83. The van der Waals surface area contributed by atoms with Crippen molar-refractivity contribution in [1.82, 2.24) is 20.8 Å². The van der Waals surface area contributed by atoms with Crippen LogP contribution in [0.15, 0.2) is 92.4 Å². The lowest BCUT2D eigenvalue weighted by atomic mass is 9.97. The zero-order chi connectivity index (χ0) is 28.4. The average molecular weight is 574 g/mol. The minimum Gasteiger partial charge on any atom is -0.444 e. The summed E-state index contributed by atoms with van der Waals surface area (Å²) in [5, 5.41) is 21.0. The van der Waals surface area contributed by atoms with E-state index in [1.165, 1.54) is 11.3 Å². The summed E-state index contributed by atoms with van der Waals surface area (Å²) >= 11 is 1.28. The summed E-state index contributed by atoms with van der Waals surface area (Å²) in [6.07, 6.45) is 6.78. The molecule has 0 radical (unpaired) electrons. The molecule has 3 N–H and O–H groups in total. The molecule has 13 heteroatoms. The molecule has 3 aromatic rings. The summed E-state index contributed by atoms with van der Waals surface area (Å²) in [6, 6.07) is 12.9. The normalized spacial score (nSPS) is 14.0. The molecule has 1 aliphatic carbocycles. The Morgan fingerprint density at radius 1 is 1.07 bits per heavy atom. The summed E-state index contributed by atoms with van der Waals surface area (Å²) in [5.41, 5.74) is 2.30. The lowest BCUT2D eigenvalue weighted by Gasteiger charge is -2.18. The van der Waals surface area contributed by atoms with E-state index >= 15 is 0 Å². The van der Waals surface area contributed by atoms with E-state index in [-0.39, 0.29) is 24.8 Å². The Bertz CT molecular complexity index is 1540. The number of aryl methyl sites for hydroxylation is 1. The number of anilines is 1. The van der Waals surface area contributed by atoms with Crippen LogP contribution in [0.25, 0.3) is 10.7 Å². The first-order valence-electron chi connectivity index (χ1n) is 13.0. The molecule has 0 saturated carbocycles. The van der Waals surface area contributed by atoms with Crippen molar-refractivity contribution in [3.05, 3.63) is 89.1 Å². The molecule has 1 aliphatic heterocycles. The van der Waals surface area contributed by atoms with Crippen molar-refractivity contribution < 1.29 is 23.6 Å². The Morgan fingerprint density at radius 2 is 1.95 bits per heavy atom. The van der Waals surface area contributed by atoms with Gasteiger partial charge in [0.1, 0.15) is 6.61 Å². The van der Waals surface area contributed by atoms with Crippen molar-refractivity contribution in [3.8, 4) is 10.7 Å². The van der Waals surface area contributed by atoms with Crippen molar-refractivity contribution in [3.63, 3.8) is 0 Å². The quantitative estimate of drug-likeness (QED) is 0.264. The SMILES string of the molecule is O=C(CCc1nc(-c2ccc(NC(=O)OCc3ccccc3)s2)no1)NCCCNC1=C2CC=CC=C2C(=O)N=N1. The van der Waals surface area contributed by atoms with Crippen LogP contribution in [-0.2, 0) is 27.4 Å². The predicted octanol–water partition coefficient (Wildman–Crippen LogP) is 4.67. The average Bonchev–Trinajstić information content (AvgIpc) is 3.66. The number of allylic oxidation sites excluding steroid dienone is 3. The molecule has 0 bridgehead atoms. The number of nitrogens with one attached hydrogen (secondary N) is 3. The van der Waals surface area contributed by atoms with Crippen LogP contribution < -0.4 is 16.0 Å². The van der Waals surface area contributed by atoms with Gasteiger partial charge in [-0.05, 0) is 36.6 Å². The molecule has 2 aliphatic rings. The van der Waals surface area contributed by atoms with Crippen molar-refractivity contribution in [2.75, 3.05) is 18.4 Å². The molecule has 12 nitrogen and oxygen atoms in total. The van der Waals surface area contributed by atoms with Crippen LogP contribution in [0.3, 0.4) is 0 Å². The molecule has 0 fully saturated rings. The van der Waals surface area contributed by atoms with E-state index in [0.717, 1.165) is 11.1 Å². The third kappa shape index (κ3) is 7.60. The molecule has 0 unspecified atom stereocenters. The van der Waals surface area contributed by atoms with E-state index in [1.807, 2.05) is 42.5 Å². The van der Waals surface area contributed by atoms with Crippen molar-refractivity contribution in [2.45, 2.75) is 32.3 Å². The maximum absolute atomic E-state index is 12.3. The molecule has 3 amide bonds. The summed E-state index contributed by atoms with van der Waals surface area (Å²) in [7, 11) is 0. The van der Waals surface area contributed by atoms with Gasteiger partial charge < -0.3 is 19.9 Å². The molecule has 0 atom stereocenters. The Balaban J connectivity index is 0.996. The van der Waals surface area contributed by atoms with Crippen molar-refractivity contribution in [2.24, 2.45) is 10.2 Å². The minimum atomic E-state index is -0.556. The van der Waals surface area contributed by atoms with Gasteiger partial charge in [0, 0.05) is 31.5 Å². The fourth-order valence-electron chi connectivity index (χ4n) is 4.01. The lowest BCUT2D eigenvalue weighted by molar-refractivity contribution is -0.121. The smallest absolute Gasteiger partial charge is 0.412 e. The maximum Gasteiger partial charge on any atom is 0.412 e. The number of fused-ring (bicyclic) bond motifs is 1. The van der Waals surface area contributed by atoms with Gasteiger partial charge in [0.15, 0.2) is 5.82 Å². The summed E-state index contributed by atoms with van der Waals surface area (Å²) in [6.45, 7) is 1.22. The molecular formula is C28H27N7O5S. The van der Waals surface area contributed by atoms with E-state index in [0.29, 0.717) is 65.3 Å². The molecule has 1 aromatic carbocycles. The molecule has 0 spiro atoms. The maximum atomic E-state index is 12.3. The van der Waals surface area contributed by atoms with Crippen molar-refractivity contribution >= 4 is 34.2 Å². The summed E-state index contributed by atoms with van der Waals surface area (Å²) in [4.78, 5) is 41.3. The first-order valence-corrected chi connectivity index (χ1v) is 13.8. The van der Waals surface area contributed by atoms with Crippen LogP contribution in [0.4, 0.5) is 9.80 Å². The zero-order valence-electron chi connectivity index (χ0n) is 22.0. The number of hydrogen-bond donors (Lipinski definition) is 3. The number of carbonyl (C=O) groups excluding carboxylic acids is 3. The summed E-state index contributed by atoms with van der Waals surface area (Å²) in [5.74, 6) is 0.859. The highest BCUT2D eigenvalue weighted by Crippen LogP contribution is 2.30. The molecule has 3 heterocycles. The first-order chi connectivity index (χ1) is 20.0. The van der Waals surface area contributed by atoms with Gasteiger partial charge in [-0.15, -0.1) is 21.6 Å². The molecular weight excluding hydrogens is 546 g/mol. The van der Waals surface area contributed by atoms with Gasteiger partial charge in [-0.2, -0.15) is 4.98 Å². The number of azo groups is 1. The van der Waals surface area contributed by atoms with E-state index in [1.54, 1.807) is 18.2 Å².